The molecule has 27 heavy (non-hydrogen) atoms. The van der Waals surface area contributed by atoms with E-state index in [4.69, 9.17) is 16.3 Å². The highest BCUT2D eigenvalue weighted by Gasteiger charge is 2.13. The number of hydrogen-bond donors (Lipinski definition) is 2. The van der Waals surface area contributed by atoms with E-state index in [1.54, 1.807) is 38.3 Å². The molecule has 3 rings (SSSR count). The summed E-state index contributed by atoms with van der Waals surface area (Å²) < 4.78 is 5.33. The van der Waals surface area contributed by atoms with Crippen LogP contribution < -0.4 is 15.4 Å². The molecule has 1 amide bonds. The van der Waals surface area contributed by atoms with Crippen LogP contribution in [0.25, 0.3) is 0 Å². The molecular weight excluding hydrogens is 364 g/mol. The van der Waals surface area contributed by atoms with Crippen LogP contribution in [0.1, 0.15) is 21.9 Å². The van der Waals surface area contributed by atoms with Crippen molar-refractivity contribution in [3.8, 4) is 5.75 Å². The number of aryl methyl sites for hydroxylation is 2. The van der Waals surface area contributed by atoms with Crippen LogP contribution in [-0.4, -0.2) is 23.0 Å². The Bertz CT molecular complexity index is 991. The monoisotopic (exact) mass is 382 g/mol. The van der Waals surface area contributed by atoms with Gasteiger partial charge in [-0.3, -0.25) is 4.79 Å². The molecule has 0 atom stereocenters. The Morgan fingerprint density at radius 2 is 1.81 bits per heavy atom. The largest absolute Gasteiger partial charge is 0.495 e. The first-order valence-corrected chi connectivity index (χ1v) is 8.67. The summed E-state index contributed by atoms with van der Waals surface area (Å²) in [4.78, 5) is 21.2. The number of nitrogens with zero attached hydrogens (tertiary/aromatic N) is 2. The predicted molar refractivity (Wildman–Crippen MR) is 107 cm³/mol. The summed E-state index contributed by atoms with van der Waals surface area (Å²) in [6, 6.07) is 14.4. The zero-order chi connectivity index (χ0) is 19.4. The van der Waals surface area contributed by atoms with Crippen LogP contribution in [0.4, 0.5) is 17.2 Å². The number of benzene rings is 2. The summed E-state index contributed by atoms with van der Waals surface area (Å²) in [5.41, 5.74) is 2.62. The molecule has 3 aromatic rings. The summed E-state index contributed by atoms with van der Waals surface area (Å²) in [5, 5.41) is 6.57. The number of carbonyl (C=O) groups is 1. The molecule has 0 aliphatic carbocycles. The smallest absolute Gasteiger partial charge is 0.274 e. The van der Waals surface area contributed by atoms with Crippen LogP contribution in [0, 0.1) is 13.8 Å². The van der Waals surface area contributed by atoms with E-state index in [9.17, 15) is 4.79 Å². The van der Waals surface area contributed by atoms with Crippen molar-refractivity contribution in [2.75, 3.05) is 17.7 Å². The van der Waals surface area contributed by atoms with Gasteiger partial charge >= 0.3 is 0 Å². The van der Waals surface area contributed by atoms with E-state index in [1.807, 2.05) is 31.2 Å². The fraction of sp³-hybridized carbons (Fsp3) is 0.150. The topological polar surface area (TPSA) is 76.1 Å². The van der Waals surface area contributed by atoms with Crippen molar-refractivity contribution in [3.05, 3.63) is 70.6 Å². The molecule has 0 spiro atoms. The fourth-order valence-electron chi connectivity index (χ4n) is 2.56. The van der Waals surface area contributed by atoms with Crippen molar-refractivity contribution in [2.45, 2.75) is 13.8 Å². The molecule has 0 saturated heterocycles. The van der Waals surface area contributed by atoms with E-state index in [-0.39, 0.29) is 11.6 Å². The van der Waals surface area contributed by atoms with E-state index in [2.05, 4.69) is 20.6 Å². The van der Waals surface area contributed by atoms with Crippen molar-refractivity contribution >= 4 is 34.7 Å². The summed E-state index contributed by atoms with van der Waals surface area (Å²) in [5.74, 6) is 1.24. The maximum atomic E-state index is 12.6. The molecule has 1 aromatic heterocycles. The van der Waals surface area contributed by atoms with Crippen LogP contribution in [0.3, 0.4) is 0 Å². The second-order valence-electron chi connectivity index (χ2n) is 5.92. The standard InChI is InChI=1S/C20H19ClN4O2/c1-12-6-4-5-7-15(12)25-20(26)17-11-19(23-13(2)22-17)24-16-10-14(21)8-9-18(16)27-3/h4-11H,1-3H3,(H,25,26)(H,22,23,24). The molecule has 6 nitrogen and oxygen atoms in total. The van der Waals surface area contributed by atoms with Crippen LogP contribution in [-0.2, 0) is 0 Å². The molecule has 138 valence electrons. The first-order valence-electron chi connectivity index (χ1n) is 8.29. The SMILES string of the molecule is COc1ccc(Cl)cc1Nc1cc(C(=O)Nc2ccccc2C)nc(C)n1. The number of amides is 1. The Labute approximate surface area is 162 Å². The molecule has 0 aliphatic rings. The van der Waals surface area contributed by atoms with Gasteiger partial charge in [0.1, 0.15) is 23.1 Å². The van der Waals surface area contributed by atoms with Crippen molar-refractivity contribution < 1.29 is 9.53 Å². The van der Waals surface area contributed by atoms with Gasteiger partial charge in [0.15, 0.2) is 0 Å². The normalized spacial score (nSPS) is 10.4. The number of rotatable bonds is 5. The highest BCUT2D eigenvalue weighted by atomic mass is 35.5. The number of nitrogens with one attached hydrogen (secondary N) is 2. The number of para-hydroxylation sites is 1. The third kappa shape index (κ3) is 4.54. The zero-order valence-corrected chi connectivity index (χ0v) is 16.0. The van der Waals surface area contributed by atoms with Crippen molar-refractivity contribution in [1.82, 2.24) is 9.97 Å². The first-order chi connectivity index (χ1) is 13.0. The number of hydrogen-bond acceptors (Lipinski definition) is 5. The number of anilines is 3. The van der Waals surface area contributed by atoms with Gasteiger partial charge in [0.2, 0.25) is 0 Å². The molecule has 0 saturated carbocycles. The molecule has 0 unspecified atom stereocenters. The van der Waals surface area contributed by atoms with Crippen LogP contribution in [0.5, 0.6) is 5.75 Å². The van der Waals surface area contributed by atoms with Gasteiger partial charge in [0, 0.05) is 16.8 Å². The van der Waals surface area contributed by atoms with Gasteiger partial charge in [-0.2, -0.15) is 0 Å². The van der Waals surface area contributed by atoms with Gasteiger partial charge in [-0.15, -0.1) is 0 Å². The highest BCUT2D eigenvalue weighted by molar-refractivity contribution is 6.31. The van der Waals surface area contributed by atoms with E-state index in [0.717, 1.165) is 11.3 Å². The van der Waals surface area contributed by atoms with E-state index in [1.165, 1.54) is 0 Å². The molecule has 1 heterocycles. The third-order valence-electron chi connectivity index (χ3n) is 3.89. The van der Waals surface area contributed by atoms with Crippen molar-refractivity contribution in [2.24, 2.45) is 0 Å². The Kier molecular flexibility index (Phi) is 5.57. The molecular formula is C20H19ClN4O2. The minimum Gasteiger partial charge on any atom is -0.495 e. The highest BCUT2D eigenvalue weighted by Crippen LogP contribution is 2.30. The van der Waals surface area contributed by atoms with Crippen molar-refractivity contribution in [3.63, 3.8) is 0 Å². The average molecular weight is 383 g/mol. The maximum Gasteiger partial charge on any atom is 0.274 e. The lowest BCUT2D eigenvalue weighted by Crippen LogP contribution is -2.16. The lowest BCUT2D eigenvalue weighted by Gasteiger charge is -2.13. The minimum absolute atomic E-state index is 0.259. The van der Waals surface area contributed by atoms with Crippen LogP contribution in [0.2, 0.25) is 5.02 Å². The van der Waals surface area contributed by atoms with Gasteiger partial charge < -0.3 is 15.4 Å². The molecule has 2 aromatic carbocycles. The Hall–Kier alpha value is -3.12. The number of ether oxygens (including phenoxy) is 1. The Morgan fingerprint density at radius 1 is 1.04 bits per heavy atom. The van der Waals surface area contributed by atoms with Crippen molar-refractivity contribution in [1.29, 1.82) is 0 Å². The molecule has 0 bridgehead atoms. The molecule has 7 heteroatoms. The summed E-state index contributed by atoms with van der Waals surface area (Å²) in [7, 11) is 1.57. The summed E-state index contributed by atoms with van der Waals surface area (Å²) in [6.07, 6.45) is 0. The van der Waals surface area contributed by atoms with Gasteiger partial charge in [-0.1, -0.05) is 29.8 Å². The van der Waals surface area contributed by atoms with Gasteiger partial charge in [0.05, 0.1) is 12.8 Å². The molecule has 0 radical (unpaired) electrons. The summed E-state index contributed by atoms with van der Waals surface area (Å²) >= 11 is 6.07. The van der Waals surface area contributed by atoms with E-state index < -0.39 is 0 Å². The first kappa shape index (κ1) is 18.7. The zero-order valence-electron chi connectivity index (χ0n) is 15.2. The number of halogens is 1. The predicted octanol–water partition coefficient (Wildman–Crippen LogP) is 4.75. The van der Waals surface area contributed by atoms with Crippen LogP contribution in [0.15, 0.2) is 48.5 Å². The van der Waals surface area contributed by atoms with Gasteiger partial charge in [0.25, 0.3) is 5.91 Å². The molecule has 0 fully saturated rings. The summed E-state index contributed by atoms with van der Waals surface area (Å²) in [6.45, 7) is 3.66. The molecule has 2 N–H and O–H groups in total. The molecule has 0 aliphatic heterocycles. The van der Waals surface area contributed by atoms with E-state index in [0.29, 0.717) is 28.1 Å². The number of methoxy groups -OCH3 is 1. The number of carbonyl (C=O) groups excluding carboxylic acids is 1. The number of aromatic nitrogens is 2. The van der Waals surface area contributed by atoms with Gasteiger partial charge in [-0.25, -0.2) is 9.97 Å². The second-order valence-corrected chi connectivity index (χ2v) is 6.36. The fourth-order valence-corrected chi connectivity index (χ4v) is 2.74. The van der Waals surface area contributed by atoms with Gasteiger partial charge in [-0.05, 0) is 43.7 Å². The Morgan fingerprint density at radius 3 is 2.56 bits per heavy atom. The van der Waals surface area contributed by atoms with E-state index >= 15 is 0 Å². The lowest BCUT2D eigenvalue weighted by atomic mass is 10.2. The van der Waals surface area contributed by atoms with Crippen LogP contribution >= 0.6 is 11.6 Å². The maximum absolute atomic E-state index is 12.6. The quantitative estimate of drug-likeness (QED) is 0.665. The third-order valence-corrected chi connectivity index (χ3v) is 4.12. The minimum atomic E-state index is -0.309. The second kappa shape index (κ2) is 8.05. The average Bonchev–Trinajstić information content (AvgIpc) is 2.63. The Balaban J connectivity index is 1.87. The lowest BCUT2D eigenvalue weighted by molar-refractivity contribution is 0.102.